The Kier molecular flexibility index (Phi) is 5.71. The van der Waals surface area contributed by atoms with Crippen molar-refractivity contribution in [3.63, 3.8) is 0 Å². The van der Waals surface area contributed by atoms with Gasteiger partial charge >= 0.3 is 0 Å². The van der Waals surface area contributed by atoms with Crippen molar-refractivity contribution in [2.45, 2.75) is 58.4 Å². The Morgan fingerprint density at radius 3 is 2.68 bits per heavy atom. The van der Waals surface area contributed by atoms with Crippen LogP contribution in [0.5, 0.6) is 0 Å². The molecule has 1 N–H and O–H groups in total. The fourth-order valence-corrected chi connectivity index (χ4v) is 3.36. The molecule has 4 heteroatoms. The zero-order chi connectivity index (χ0) is 13.7. The van der Waals surface area contributed by atoms with Gasteiger partial charge < -0.3 is 5.32 Å². The lowest BCUT2D eigenvalue weighted by Gasteiger charge is -2.21. The second-order valence-electron chi connectivity index (χ2n) is 5.65. The molecule has 0 unspecified atom stereocenters. The molecule has 0 aromatic carbocycles. The van der Waals surface area contributed by atoms with Crippen molar-refractivity contribution >= 4 is 11.6 Å². The summed E-state index contributed by atoms with van der Waals surface area (Å²) in [6.45, 7) is 4.01. The average Bonchev–Trinajstić information content (AvgIpc) is 2.71. The van der Waals surface area contributed by atoms with Gasteiger partial charge in [0.2, 0.25) is 0 Å². The fraction of sp³-hybridized carbons (Fsp3) is 0.800. The Bertz CT molecular complexity index is 394. The summed E-state index contributed by atoms with van der Waals surface area (Å²) in [4.78, 5) is 0. The maximum Gasteiger partial charge on any atom is 0.0863 e. The van der Waals surface area contributed by atoms with E-state index in [1.165, 1.54) is 38.5 Å². The number of aryl methyl sites for hydroxylation is 2. The molecule has 0 amide bonds. The van der Waals surface area contributed by atoms with E-state index in [1.807, 2.05) is 11.7 Å². The van der Waals surface area contributed by atoms with Crippen LogP contribution in [-0.4, -0.2) is 16.3 Å². The van der Waals surface area contributed by atoms with E-state index in [4.69, 9.17) is 11.6 Å². The maximum absolute atomic E-state index is 6.33. The number of rotatable bonds is 6. The highest BCUT2D eigenvalue weighted by molar-refractivity contribution is 6.31. The first-order valence-corrected chi connectivity index (χ1v) is 8.01. The molecule has 2 rings (SSSR count). The fourth-order valence-electron chi connectivity index (χ4n) is 3.00. The van der Waals surface area contributed by atoms with Gasteiger partial charge in [0, 0.05) is 13.6 Å². The van der Waals surface area contributed by atoms with Crippen molar-refractivity contribution < 1.29 is 0 Å². The van der Waals surface area contributed by atoms with Crippen LogP contribution in [0, 0.1) is 5.92 Å². The molecule has 0 aliphatic heterocycles. The molecule has 1 aliphatic rings. The average molecular weight is 284 g/mol. The summed E-state index contributed by atoms with van der Waals surface area (Å²) in [6.07, 6.45) is 9.34. The highest BCUT2D eigenvalue weighted by atomic mass is 35.5. The number of aromatic nitrogens is 2. The zero-order valence-electron chi connectivity index (χ0n) is 12.2. The van der Waals surface area contributed by atoms with Gasteiger partial charge in [-0.05, 0) is 25.3 Å². The van der Waals surface area contributed by atoms with Gasteiger partial charge in [0.25, 0.3) is 0 Å². The van der Waals surface area contributed by atoms with Gasteiger partial charge in [-0.15, -0.1) is 0 Å². The van der Waals surface area contributed by atoms with Gasteiger partial charge in [-0.2, -0.15) is 5.10 Å². The summed E-state index contributed by atoms with van der Waals surface area (Å²) in [7, 11) is 1.98. The zero-order valence-corrected chi connectivity index (χ0v) is 13.0. The van der Waals surface area contributed by atoms with E-state index < -0.39 is 0 Å². The predicted molar refractivity (Wildman–Crippen MR) is 80.5 cm³/mol. The third-order valence-corrected chi connectivity index (χ3v) is 4.69. The molecule has 1 aliphatic carbocycles. The van der Waals surface area contributed by atoms with Crippen molar-refractivity contribution in [2.75, 3.05) is 6.54 Å². The highest BCUT2D eigenvalue weighted by Gasteiger charge is 2.14. The lowest BCUT2D eigenvalue weighted by Crippen LogP contribution is -2.20. The number of halogens is 1. The molecule has 0 atom stereocenters. The SMILES string of the molecule is CCc1nn(C)c(CNCCC2CCCCC2)c1Cl. The number of hydrogen-bond acceptors (Lipinski definition) is 2. The van der Waals surface area contributed by atoms with E-state index in [9.17, 15) is 0 Å². The lowest BCUT2D eigenvalue weighted by atomic mass is 9.87. The molecule has 0 saturated heterocycles. The molecule has 0 bridgehead atoms. The van der Waals surface area contributed by atoms with Crippen LogP contribution in [0.15, 0.2) is 0 Å². The molecular formula is C15H26ClN3. The second kappa shape index (κ2) is 7.30. The lowest BCUT2D eigenvalue weighted by molar-refractivity contribution is 0.333. The van der Waals surface area contributed by atoms with Crippen LogP contribution < -0.4 is 5.32 Å². The summed E-state index contributed by atoms with van der Waals surface area (Å²) in [6, 6.07) is 0. The summed E-state index contributed by atoms with van der Waals surface area (Å²) in [5.74, 6) is 0.939. The Morgan fingerprint density at radius 1 is 1.32 bits per heavy atom. The second-order valence-corrected chi connectivity index (χ2v) is 6.03. The molecule has 1 aromatic heterocycles. The molecule has 1 heterocycles. The first-order valence-electron chi connectivity index (χ1n) is 7.63. The summed E-state index contributed by atoms with van der Waals surface area (Å²) in [5.41, 5.74) is 2.12. The van der Waals surface area contributed by atoms with Crippen molar-refractivity contribution in [2.24, 2.45) is 13.0 Å². The maximum atomic E-state index is 6.33. The standard InChI is InChI=1S/C15H26ClN3/c1-3-13-15(16)14(19(2)18-13)11-17-10-9-12-7-5-4-6-8-12/h12,17H,3-11H2,1-2H3. The van der Waals surface area contributed by atoms with Crippen LogP contribution in [0.1, 0.15) is 56.8 Å². The van der Waals surface area contributed by atoms with E-state index in [0.29, 0.717) is 0 Å². The number of nitrogens with one attached hydrogen (secondary N) is 1. The Morgan fingerprint density at radius 2 is 2.05 bits per heavy atom. The molecule has 1 fully saturated rings. The smallest absolute Gasteiger partial charge is 0.0863 e. The summed E-state index contributed by atoms with van der Waals surface area (Å²) in [5, 5.41) is 8.81. The quantitative estimate of drug-likeness (QED) is 0.807. The minimum Gasteiger partial charge on any atom is -0.311 e. The molecule has 0 spiro atoms. The Labute approximate surface area is 121 Å². The van der Waals surface area contributed by atoms with Crippen LogP contribution in [0.3, 0.4) is 0 Å². The van der Waals surface area contributed by atoms with Crippen molar-refractivity contribution in [3.8, 4) is 0 Å². The first kappa shape index (κ1) is 14.9. The molecule has 3 nitrogen and oxygen atoms in total. The molecule has 0 radical (unpaired) electrons. The highest BCUT2D eigenvalue weighted by Crippen LogP contribution is 2.26. The van der Waals surface area contributed by atoms with E-state index in [0.717, 1.165) is 41.8 Å². The Hall–Kier alpha value is -0.540. The van der Waals surface area contributed by atoms with Crippen molar-refractivity contribution in [1.29, 1.82) is 0 Å². The van der Waals surface area contributed by atoms with Gasteiger partial charge in [-0.1, -0.05) is 50.6 Å². The third-order valence-electron chi connectivity index (χ3n) is 4.25. The van der Waals surface area contributed by atoms with Crippen molar-refractivity contribution in [3.05, 3.63) is 16.4 Å². The summed E-state index contributed by atoms with van der Waals surface area (Å²) >= 11 is 6.33. The van der Waals surface area contributed by atoms with Crippen LogP contribution in [0.2, 0.25) is 5.02 Å². The van der Waals surface area contributed by atoms with E-state index in [-0.39, 0.29) is 0 Å². The van der Waals surface area contributed by atoms with Gasteiger partial charge in [0.1, 0.15) is 0 Å². The minimum atomic E-state index is 0.828. The first-order chi connectivity index (χ1) is 9.22. The third kappa shape index (κ3) is 3.96. The predicted octanol–water partition coefficient (Wildman–Crippen LogP) is 3.70. The van der Waals surface area contributed by atoms with E-state index in [2.05, 4.69) is 17.3 Å². The molecular weight excluding hydrogens is 258 g/mol. The van der Waals surface area contributed by atoms with Gasteiger partial charge in [-0.25, -0.2) is 0 Å². The monoisotopic (exact) mass is 283 g/mol. The van der Waals surface area contributed by atoms with Crippen LogP contribution in [0.4, 0.5) is 0 Å². The topological polar surface area (TPSA) is 29.9 Å². The Balaban J connectivity index is 1.74. The number of hydrogen-bond donors (Lipinski definition) is 1. The largest absolute Gasteiger partial charge is 0.311 e. The van der Waals surface area contributed by atoms with Crippen LogP contribution >= 0.6 is 11.6 Å². The normalized spacial score (nSPS) is 17.0. The minimum absolute atomic E-state index is 0.828. The van der Waals surface area contributed by atoms with E-state index in [1.54, 1.807) is 0 Å². The van der Waals surface area contributed by atoms with Gasteiger partial charge in [-0.3, -0.25) is 4.68 Å². The van der Waals surface area contributed by atoms with Crippen LogP contribution in [0.25, 0.3) is 0 Å². The summed E-state index contributed by atoms with van der Waals surface area (Å²) < 4.78 is 1.91. The van der Waals surface area contributed by atoms with Crippen molar-refractivity contribution in [1.82, 2.24) is 15.1 Å². The molecule has 1 aromatic rings. The van der Waals surface area contributed by atoms with Gasteiger partial charge in [0.05, 0.1) is 16.4 Å². The van der Waals surface area contributed by atoms with Gasteiger partial charge in [0.15, 0.2) is 0 Å². The van der Waals surface area contributed by atoms with E-state index >= 15 is 0 Å². The van der Waals surface area contributed by atoms with Crippen LogP contribution in [-0.2, 0) is 20.0 Å². The molecule has 1 saturated carbocycles. The molecule has 19 heavy (non-hydrogen) atoms. The number of nitrogens with zero attached hydrogens (tertiary/aromatic N) is 2. The molecule has 108 valence electrons.